The summed E-state index contributed by atoms with van der Waals surface area (Å²) in [5, 5.41) is 13.9. The predicted octanol–water partition coefficient (Wildman–Crippen LogP) is 35.9. The Kier molecular flexibility index (Phi) is 22.9. The summed E-state index contributed by atoms with van der Waals surface area (Å²) in [7, 11) is 0. The highest BCUT2D eigenvalue weighted by atomic mass is 35.5. The van der Waals surface area contributed by atoms with Crippen molar-refractivity contribution in [1.29, 1.82) is 0 Å². The molecule has 0 saturated heterocycles. The van der Waals surface area contributed by atoms with Gasteiger partial charge in [-0.1, -0.05) is 237 Å². The Morgan fingerprint density at radius 2 is 0.389 bits per heavy atom. The molecule has 0 saturated carbocycles. The molecule has 0 radical (unpaired) electrons. The number of rotatable bonds is 15. The minimum absolute atomic E-state index is 0.144. The van der Waals surface area contributed by atoms with E-state index in [1.807, 2.05) is 54.6 Å². The van der Waals surface area contributed by atoms with Crippen LogP contribution < -0.4 is 14.5 Å². The molecule has 0 aliphatic carbocycles. The van der Waals surface area contributed by atoms with Crippen molar-refractivity contribution in [2.24, 2.45) is 0 Å². The van der Waals surface area contributed by atoms with Gasteiger partial charge in [0.2, 0.25) is 0 Å². The number of carbonyl (C=O) groups is 2. The summed E-state index contributed by atoms with van der Waals surface area (Å²) >= 11 is 5.09. The van der Waals surface area contributed by atoms with Crippen LogP contribution in [0.25, 0.3) is 165 Å². The molecule has 22 aromatic carbocycles. The van der Waals surface area contributed by atoms with E-state index in [0.717, 1.165) is 108 Å². The number of halogens is 3. The lowest BCUT2D eigenvalue weighted by atomic mass is 10.0. The van der Waals surface area contributed by atoms with Gasteiger partial charge in [0.25, 0.3) is 5.24 Å². The maximum Gasteiger partial charge on any atom is 0.252 e. The number of benzene rings is 22. The maximum absolute atomic E-state index is 13.7. The molecule has 0 N–H and O–H groups in total. The number of fused-ring (bicyclic) bond motifs is 20. The summed E-state index contributed by atoms with van der Waals surface area (Å²) in [6.07, 6.45) is 0.979. The lowest BCUT2D eigenvalue weighted by molar-refractivity contribution is 0.103. The van der Waals surface area contributed by atoms with Gasteiger partial charge in [0.05, 0.1) is 66.2 Å². The minimum atomic E-state index is -0.569. The summed E-state index contributed by atoms with van der Waals surface area (Å²) in [6.45, 7) is 0. The molecule has 149 heavy (non-hydrogen) atoms. The monoisotopic (exact) mass is 1940 g/mol. The normalized spacial score (nSPS) is 11.7. The molecule has 0 fully saturated rings. The van der Waals surface area contributed by atoms with E-state index >= 15 is 0 Å². The number of ketones is 1. The summed E-state index contributed by atoms with van der Waals surface area (Å²) in [4.78, 5) is 28.7. The Morgan fingerprint density at radius 3 is 0.617 bits per heavy atom. The molecule has 14 heteroatoms. The number of hydrogen-bond donors (Lipinski definition) is 0. The van der Waals surface area contributed by atoms with Gasteiger partial charge in [-0.3, -0.25) is 9.59 Å². The van der Waals surface area contributed by atoms with Crippen LogP contribution in [-0.2, 0) is 6.42 Å². The van der Waals surface area contributed by atoms with Crippen molar-refractivity contribution in [3.63, 3.8) is 0 Å². The standard InChI is InChI=1S/C61H39FN4O.C54H36N4.C13H10O.C7H4ClFO/c62-42-24-21-40(22-25-42)61(67)41-23-38-60-54(39-41)53-15-5-10-20-59(53)66(60)48-36-30-45(31-37-48)63(43-26-32-46(33-27-43)64-55-16-6-1-11-49(55)50-12-2-7-17-56(50)64)44-28-34-47(35-29-44)65-57-18-8-3-13-51(57)52-14-4-9-19-58(52)65;1-7-19-49-43(13-1)44-14-2-8-20-50(44)56(49)40-31-25-37(26-32-40)55(38-27-33-41(34-28-38)57-51-21-9-3-15-45(51)46-16-4-10-22-52(46)57)39-29-35-42(36-30-39)58-53-23-11-5-17-47(53)48-18-6-12-24-54(48)58;1-3-7-12-10(5-1)9-11-6-2-4-8-13(11)14-12;8-7(10)5-1-3-6(9)4-2-5/h1-39H;1-36H;1-8H,9H2;1-4H. The lowest BCUT2D eigenvalue weighted by Crippen LogP contribution is -2.10. The third-order valence-electron chi connectivity index (χ3n) is 28.8. The SMILES string of the molecule is O=C(Cl)c1ccc(F)cc1.O=C(c1ccc(F)cc1)c1ccc2c(c1)c1ccccc1n2-c1ccc(N(c2ccc(-n3c4ccccc4c4ccccc43)cc2)c2ccc(-n3c4ccccc4c4ccccc43)cc2)cc1.c1ccc2c(c1)Cc1ccccc1O2.c1ccc2c(c1)c1ccccc1n2-c1ccc(N(c2ccc(-n3c4ccccc4c4ccccc43)cc2)c2ccc(-n3c4ccccc4c4ccccc43)cc2)cc1. The van der Waals surface area contributed by atoms with Crippen molar-refractivity contribution < 1.29 is 23.1 Å². The van der Waals surface area contributed by atoms with Gasteiger partial charge in [-0.15, -0.1) is 0 Å². The first-order valence-corrected chi connectivity index (χ1v) is 50.1. The quantitative estimate of drug-likeness (QED) is 0.0755. The second-order valence-corrected chi connectivity index (χ2v) is 37.7. The van der Waals surface area contributed by atoms with Crippen LogP contribution in [0.4, 0.5) is 42.9 Å². The average molecular weight is 1940 g/mol. The number of ether oxygens (including phenoxy) is 1. The summed E-state index contributed by atoms with van der Waals surface area (Å²) in [5.41, 5.74) is 30.7. The summed E-state index contributed by atoms with van der Waals surface area (Å²) < 4.78 is 45.8. The fraction of sp³-hybridized carbons (Fsp3) is 0.00741. The first-order chi connectivity index (χ1) is 73.5. The number of hydrogen-bond acceptors (Lipinski definition) is 5. The Balaban J connectivity index is 0.000000123. The molecule has 0 amide bonds. The molecule has 0 bridgehead atoms. The molecule has 0 atom stereocenters. The Hall–Kier alpha value is -19.5. The minimum Gasteiger partial charge on any atom is -0.457 e. The molecular weight excluding hydrogens is 1850 g/mol. The van der Waals surface area contributed by atoms with E-state index in [1.165, 1.54) is 169 Å². The van der Waals surface area contributed by atoms with Crippen molar-refractivity contribution >= 4 is 188 Å². The molecule has 28 aromatic rings. The van der Waals surface area contributed by atoms with E-state index in [-0.39, 0.29) is 17.4 Å². The van der Waals surface area contributed by atoms with Crippen LogP contribution in [0, 0.1) is 11.6 Å². The molecule has 7 heterocycles. The van der Waals surface area contributed by atoms with Crippen LogP contribution in [0.15, 0.2) is 528 Å². The van der Waals surface area contributed by atoms with Gasteiger partial charge in [0.15, 0.2) is 5.78 Å². The highest BCUT2D eigenvalue weighted by Crippen LogP contribution is 2.46. The molecule has 1 aliphatic rings. The van der Waals surface area contributed by atoms with Crippen molar-refractivity contribution in [1.82, 2.24) is 27.4 Å². The van der Waals surface area contributed by atoms with Crippen LogP contribution >= 0.6 is 11.6 Å². The first-order valence-electron chi connectivity index (χ1n) is 49.8. The number of carbonyl (C=O) groups excluding carboxylic acids is 2. The van der Waals surface area contributed by atoms with Gasteiger partial charge < -0.3 is 41.9 Å². The van der Waals surface area contributed by atoms with E-state index in [2.05, 4.69) is 462 Å². The number of nitrogens with zero attached hydrogens (tertiary/aromatic N) is 8. The third-order valence-corrected chi connectivity index (χ3v) is 29.0. The summed E-state index contributed by atoms with van der Waals surface area (Å²) in [5.74, 6) is 1.10. The van der Waals surface area contributed by atoms with Gasteiger partial charge >= 0.3 is 0 Å². The maximum atomic E-state index is 13.7. The Morgan fingerprint density at radius 1 is 0.201 bits per heavy atom. The Bertz CT molecular complexity index is 9160. The second kappa shape index (κ2) is 38.0. The zero-order chi connectivity index (χ0) is 99.7. The topological polar surface area (TPSA) is 79.4 Å². The summed E-state index contributed by atoms with van der Waals surface area (Å²) in [6, 6.07) is 181. The van der Waals surface area contributed by atoms with Crippen molar-refractivity contribution in [3.05, 3.63) is 567 Å². The first kappa shape index (κ1) is 89.6. The van der Waals surface area contributed by atoms with E-state index in [0.29, 0.717) is 16.7 Å². The molecule has 29 rings (SSSR count). The zero-order valence-corrected chi connectivity index (χ0v) is 81.1. The highest BCUT2D eigenvalue weighted by Gasteiger charge is 2.26. The van der Waals surface area contributed by atoms with E-state index in [9.17, 15) is 18.4 Å². The number of anilines is 6. The average Bonchev–Trinajstić information content (AvgIpc) is 1.65. The van der Waals surface area contributed by atoms with Crippen LogP contribution in [0.3, 0.4) is 0 Å². The van der Waals surface area contributed by atoms with Gasteiger partial charge in [-0.2, -0.15) is 0 Å². The molecule has 6 aromatic heterocycles. The predicted molar refractivity (Wildman–Crippen MR) is 610 cm³/mol. The van der Waals surface area contributed by atoms with E-state index < -0.39 is 5.24 Å². The van der Waals surface area contributed by atoms with Gasteiger partial charge in [0, 0.05) is 156 Å². The van der Waals surface area contributed by atoms with E-state index in [4.69, 9.17) is 16.3 Å². The Labute approximate surface area is 861 Å². The number of para-hydroxylation sites is 13. The molecule has 11 nitrogen and oxygen atoms in total. The van der Waals surface area contributed by atoms with Crippen molar-refractivity contribution in [3.8, 4) is 45.6 Å². The number of aromatic nitrogens is 6. The lowest BCUT2D eigenvalue weighted by Gasteiger charge is -2.26. The van der Waals surface area contributed by atoms with E-state index in [1.54, 1.807) is 0 Å². The third kappa shape index (κ3) is 16.2. The van der Waals surface area contributed by atoms with Crippen LogP contribution in [0.1, 0.15) is 37.4 Å². The van der Waals surface area contributed by atoms with Crippen molar-refractivity contribution in [2.75, 3.05) is 9.80 Å². The van der Waals surface area contributed by atoms with Crippen LogP contribution in [0.5, 0.6) is 11.5 Å². The van der Waals surface area contributed by atoms with Crippen molar-refractivity contribution in [2.45, 2.75) is 6.42 Å². The van der Waals surface area contributed by atoms with Crippen LogP contribution in [-0.4, -0.2) is 38.4 Å². The highest BCUT2D eigenvalue weighted by molar-refractivity contribution is 6.67. The molecule has 1 aliphatic heterocycles. The molecular formula is C135H89ClF2N8O3. The largest absolute Gasteiger partial charge is 0.457 e. The smallest absolute Gasteiger partial charge is 0.252 e. The van der Waals surface area contributed by atoms with Gasteiger partial charge in [-0.05, 0) is 314 Å². The fourth-order valence-electron chi connectivity index (χ4n) is 22.0. The molecule has 708 valence electrons. The van der Waals surface area contributed by atoms with Gasteiger partial charge in [-0.25, -0.2) is 8.78 Å². The zero-order valence-electron chi connectivity index (χ0n) is 80.4. The molecule has 0 unspecified atom stereocenters. The second-order valence-electron chi connectivity index (χ2n) is 37.3. The van der Waals surface area contributed by atoms with Gasteiger partial charge in [0.1, 0.15) is 23.1 Å². The fourth-order valence-corrected chi connectivity index (χ4v) is 22.1. The van der Waals surface area contributed by atoms with Crippen LogP contribution in [0.2, 0.25) is 0 Å². The molecule has 0 spiro atoms.